The second-order valence-electron chi connectivity index (χ2n) is 8.26. The topological polar surface area (TPSA) is 86.8 Å². The van der Waals surface area contributed by atoms with Crippen LogP contribution >= 0.6 is 0 Å². The number of anilines is 1. The summed E-state index contributed by atoms with van der Waals surface area (Å²) in [5.41, 5.74) is 1.07. The number of nitrogens with zero attached hydrogens (tertiary/aromatic N) is 2. The van der Waals surface area contributed by atoms with E-state index in [1.807, 2.05) is 30.3 Å². The Morgan fingerprint density at radius 1 is 1.06 bits per heavy atom. The molecule has 0 bridgehead atoms. The number of aryl methyl sites for hydroxylation is 1. The molecule has 0 aromatic heterocycles. The van der Waals surface area contributed by atoms with Gasteiger partial charge in [0, 0.05) is 24.2 Å². The van der Waals surface area contributed by atoms with Crippen LogP contribution < -0.4 is 10.2 Å². The molecule has 31 heavy (non-hydrogen) atoms. The number of Topliss-reactive ketones (excluding diaryl/α,β-unsaturated/α-hetero) is 1. The Morgan fingerprint density at radius 2 is 1.84 bits per heavy atom. The molecular weight excluding hydrogens is 394 g/mol. The number of ketones is 1. The molecule has 4 rings (SSSR count). The first-order valence-corrected chi connectivity index (χ1v) is 10.5. The van der Waals surface area contributed by atoms with Gasteiger partial charge in [0.05, 0.1) is 6.54 Å². The van der Waals surface area contributed by atoms with E-state index in [4.69, 9.17) is 0 Å². The van der Waals surface area contributed by atoms with Gasteiger partial charge in [0.2, 0.25) is 5.91 Å². The first-order chi connectivity index (χ1) is 14.9. The van der Waals surface area contributed by atoms with E-state index in [0.29, 0.717) is 37.1 Å². The summed E-state index contributed by atoms with van der Waals surface area (Å²) in [6.07, 6.45) is 2.37. The number of nitrogens with one attached hydrogen (secondary N) is 1. The van der Waals surface area contributed by atoms with Crippen LogP contribution in [-0.2, 0) is 16.0 Å². The lowest BCUT2D eigenvalue weighted by Crippen LogP contribution is -2.44. The Kier molecular flexibility index (Phi) is 5.59. The molecule has 160 valence electrons. The molecule has 4 amide bonds. The van der Waals surface area contributed by atoms with Crippen molar-refractivity contribution in [3.05, 3.63) is 65.7 Å². The van der Waals surface area contributed by atoms with Crippen LogP contribution in [0.3, 0.4) is 0 Å². The lowest BCUT2D eigenvalue weighted by Gasteiger charge is -2.21. The predicted octanol–water partition coefficient (Wildman–Crippen LogP) is 2.94. The van der Waals surface area contributed by atoms with Crippen molar-refractivity contribution >= 4 is 29.3 Å². The van der Waals surface area contributed by atoms with E-state index in [1.54, 1.807) is 36.1 Å². The molecule has 2 aromatic carbocycles. The summed E-state index contributed by atoms with van der Waals surface area (Å²) in [6, 6.07) is 16.0. The third-order valence-corrected chi connectivity index (χ3v) is 5.96. The van der Waals surface area contributed by atoms with Crippen molar-refractivity contribution in [3.63, 3.8) is 0 Å². The molecule has 0 spiro atoms. The Balaban J connectivity index is 1.44. The molecule has 7 heteroatoms. The van der Waals surface area contributed by atoms with Crippen LogP contribution in [-0.4, -0.2) is 47.2 Å². The number of benzene rings is 2. The molecule has 0 radical (unpaired) electrons. The first kappa shape index (κ1) is 20.8. The van der Waals surface area contributed by atoms with Crippen LogP contribution in [0.1, 0.15) is 42.1 Å². The number of carbonyl (C=O) groups is 4. The number of urea groups is 1. The van der Waals surface area contributed by atoms with Crippen LogP contribution in [0, 0.1) is 0 Å². The standard InChI is InChI=1S/C24H25N3O4/c1-24(13-12-17-7-3-2-4-8-17)22(30)27(23(31)25-24)16-20(28)18-9-5-10-19(15-18)26-14-6-11-21(26)29/h2-5,7-10,15H,6,11-14,16H2,1H3,(H,25,31). The smallest absolute Gasteiger partial charge is 0.323 e. The fraction of sp³-hybridized carbons (Fsp3) is 0.333. The Hall–Kier alpha value is -3.48. The summed E-state index contributed by atoms with van der Waals surface area (Å²) in [6.45, 7) is 1.99. The molecular formula is C24H25N3O4. The van der Waals surface area contributed by atoms with E-state index in [9.17, 15) is 19.2 Å². The van der Waals surface area contributed by atoms with Crippen molar-refractivity contribution in [1.82, 2.24) is 10.2 Å². The Labute approximate surface area is 181 Å². The molecule has 7 nitrogen and oxygen atoms in total. The summed E-state index contributed by atoms with van der Waals surface area (Å²) < 4.78 is 0. The monoisotopic (exact) mass is 419 g/mol. The molecule has 2 aromatic rings. The van der Waals surface area contributed by atoms with Crippen LogP contribution in [0.2, 0.25) is 0 Å². The van der Waals surface area contributed by atoms with Gasteiger partial charge in [-0.05, 0) is 43.9 Å². The van der Waals surface area contributed by atoms with Crippen molar-refractivity contribution in [2.45, 2.75) is 38.1 Å². The minimum absolute atomic E-state index is 0.0351. The molecule has 2 fully saturated rings. The summed E-state index contributed by atoms with van der Waals surface area (Å²) in [7, 11) is 0. The zero-order valence-corrected chi connectivity index (χ0v) is 17.5. The fourth-order valence-electron chi connectivity index (χ4n) is 4.10. The summed E-state index contributed by atoms with van der Waals surface area (Å²) in [4.78, 5) is 53.0. The second-order valence-corrected chi connectivity index (χ2v) is 8.26. The number of carbonyl (C=O) groups excluding carboxylic acids is 4. The van der Waals surface area contributed by atoms with E-state index < -0.39 is 17.5 Å². The third-order valence-electron chi connectivity index (χ3n) is 5.96. The maximum absolute atomic E-state index is 13.0. The molecule has 2 aliphatic rings. The molecule has 2 heterocycles. The molecule has 1 unspecified atom stereocenters. The SMILES string of the molecule is CC1(CCc2ccccc2)NC(=O)N(CC(=O)c2cccc(N3CCCC3=O)c2)C1=O. The Bertz CT molecular complexity index is 1040. The molecule has 0 aliphatic carbocycles. The number of hydrogen-bond donors (Lipinski definition) is 1. The van der Waals surface area contributed by atoms with Gasteiger partial charge >= 0.3 is 6.03 Å². The minimum atomic E-state index is -1.04. The van der Waals surface area contributed by atoms with Gasteiger partial charge in [-0.2, -0.15) is 0 Å². The van der Waals surface area contributed by atoms with Gasteiger partial charge in [0.25, 0.3) is 5.91 Å². The highest BCUT2D eigenvalue weighted by Gasteiger charge is 2.47. The van der Waals surface area contributed by atoms with E-state index >= 15 is 0 Å². The van der Waals surface area contributed by atoms with Crippen LogP contribution in [0.5, 0.6) is 0 Å². The lowest BCUT2D eigenvalue weighted by atomic mass is 9.93. The van der Waals surface area contributed by atoms with Gasteiger partial charge in [-0.25, -0.2) is 4.79 Å². The van der Waals surface area contributed by atoms with Crippen molar-refractivity contribution in [3.8, 4) is 0 Å². The van der Waals surface area contributed by atoms with Gasteiger partial charge in [-0.15, -0.1) is 0 Å². The average molecular weight is 419 g/mol. The Morgan fingerprint density at radius 3 is 2.55 bits per heavy atom. The normalized spacial score (nSPS) is 21.0. The zero-order chi connectivity index (χ0) is 22.0. The highest BCUT2D eigenvalue weighted by molar-refractivity contribution is 6.11. The average Bonchev–Trinajstić information content (AvgIpc) is 3.30. The van der Waals surface area contributed by atoms with Crippen molar-refractivity contribution in [2.75, 3.05) is 18.0 Å². The predicted molar refractivity (Wildman–Crippen MR) is 116 cm³/mol. The van der Waals surface area contributed by atoms with E-state index in [2.05, 4.69) is 5.32 Å². The number of imide groups is 1. The zero-order valence-electron chi connectivity index (χ0n) is 17.5. The van der Waals surface area contributed by atoms with E-state index in [0.717, 1.165) is 16.9 Å². The summed E-state index contributed by atoms with van der Waals surface area (Å²) in [5.74, 6) is -0.704. The second kappa shape index (κ2) is 8.34. The van der Waals surface area contributed by atoms with Gasteiger partial charge in [0.15, 0.2) is 5.78 Å². The maximum Gasteiger partial charge on any atom is 0.325 e. The largest absolute Gasteiger partial charge is 0.325 e. The quantitative estimate of drug-likeness (QED) is 0.552. The van der Waals surface area contributed by atoms with Gasteiger partial charge in [-0.3, -0.25) is 19.3 Å². The number of hydrogen-bond acceptors (Lipinski definition) is 4. The number of rotatable bonds is 7. The van der Waals surface area contributed by atoms with Crippen molar-refractivity contribution in [1.29, 1.82) is 0 Å². The molecule has 1 N–H and O–H groups in total. The molecule has 1 atom stereocenters. The van der Waals surface area contributed by atoms with Gasteiger partial charge < -0.3 is 10.2 Å². The van der Waals surface area contributed by atoms with Crippen molar-refractivity contribution < 1.29 is 19.2 Å². The van der Waals surface area contributed by atoms with Crippen LogP contribution in [0.15, 0.2) is 54.6 Å². The van der Waals surface area contributed by atoms with Crippen molar-refractivity contribution in [2.24, 2.45) is 0 Å². The molecule has 2 saturated heterocycles. The van der Waals surface area contributed by atoms with Crippen LogP contribution in [0.25, 0.3) is 0 Å². The van der Waals surface area contributed by atoms with E-state index in [-0.39, 0.29) is 18.2 Å². The lowest BCUT2D eigenvalue weighted by molar-refractivity contribution is -0.130. The first-order valence-electron chi connectivity index (χ1n) is 10.5. The highest BCUT2D eigenvalue weighted by Crippen LogP contribution is 2.25. The number of amides is 4. The summed E-state index contributed by atoms with van der Waals surface area (Å²) >= 11 is 0. The summed E-state index contributed by atoms with van der Waals surface area (Å²) in [5, 5.41) is 2.75. The van der Waals surface area contributed by atoms with Gasteiger partial charge in [0.1, 0.15) is 5.54 Å². The van der Waals surface area contributed by atoms with Gasteiger partial charge in [-0.1, -0.05) is 42.5 Å². The highest BCUT2D eigenvalue weighted by atomic mass is 16.2. The minimum Gasteiger partial charge on any atom is -0.323 e. The molecule has 2 aliphatic heterocycles. The fourth-order valence-corrected chi connectivity index (χ4v) is 4.10. The van der Waals surface area contributed by atoms with E-state index in [1.165, 1.54) is 0 Å². The third kappa shape index (κ3) is 4.21. The molecule has 0 saturated carbocycles. The van der Waals surface area contributed by atoms with Crippen LogP contribution in [0.4, 0.5) is 10.5 Å². The maximum atomic E-state index is 13.0.